The van der Waals surface area contributed by atoms with E-state index in [2.05, 4.69) is 29.6 Å². The van der Waals surface area contributed by atoms with Gasteiger partial charge in [0, 0.05) is 4.70 Å². The van der Waals surface area contributed by atoms with Crippen LogP contribution in [-0.2, 0) is 15.9 Å². The zero-order chi connectivity index (χ0) is 26.7. The van der Waals surface area contributed by atoms with Crippen LogP contribution in [0.2, 0.25) is 0 Å². The lowest BCUT2D eigenvalue weighted by Gasteiger charge is -2.09. The molecule has 0 saturated carbocycles. The zero-order valence-corrected chi connectivity index (χ0v) is 23.1. The molecule has 2 heterocycles. The number of benzene rings is 2. The Morgan fingerprint density at radius 2 is 1.62 bits per heavy atom. The van der Waals surface area contributed by atoms with Gasteiger partial charge in [0.15, 0.2) is 0 Å². The zero-order valence-electron chi connectivity index (χ0n) is 21.5. The van der Waals surface area contributed by atoms with Gasteiger partial charge < -0.3 is 14.8 Å². The second kappa shape index (κ2) is 11.3. The number of thiophene rings is 2. The van der Waals surface area contributed by atoms with E-state index in [1.165, 1.54) is 16.9 Å². The second-order valence-electron chi connectivity index (χ2n) is 8.96. The summed E-state index contributed by atoms with van der Waals surface area (Å²) in [6.45, 7) is 9.10. The Hall–Kier alpha value is -3.49. The summed E-state index contributed by atoms with van der Waals surface area (Å²) >= 11 is 2.44. The van der Waals surface area contributed by atoms with Crippen molar-refractivity contribution in [2.75, 3.05) is 11.9 Å². The van der Waals surface area contributed by atoms with Crippen LogP contribution in [0.3, 0.4) is 0 Å². The maximum Gasteiger partial charge on any atom is 0.348 e. The lowest BCUT2D eigenvalue weighted by molar-refractivity contribution is 0.0383. The van der Waals surface area contributed by atoms with Crippen molar-refractivity contribution in [3.63, 3.8) is 0 Å². The molecule has 0 aliphatic rings. The molecular weight excluding hydrogens is 506 g/mol. The van der Waals surface area contributed by atoms with Gasteiger partial charge in [-0.05, 0) is 69.2 Å². The highest BCUT2D eigenvalue weighted by molar-refractivity contribution is 7.21. The van der Waals surface area contributed by atoms with Crippen molar-refractivity contribution >= 4 is 55.6 Å². The Kier molecular flexibility index (Phi) is 8.10. The van der Waals surface area contributed by atoms with E-state index in [1.807, 2.05) is 31.2 Å². The minimum atomic E-state index is -0.591. The van der Waals surface area contributed by atoms with Crippen LogP contribution in [0.1, 0.15) is 72.7 Å². The summed E-state index contributed by atoms with van der Waals surface area (Å²) < 4.78 is 11.6. The topological polar surface area (TPSA) is 81.7 Å². The third kappa shape index (κ3) is 5.76. The van der Waals surface area contributed by atoms with Crippen molar-refractivity contribution in [2.24, 2.45) is 0 Å². The van der Waals surface area contributed by atoms with E-state index in [4.69, 9.17) is 9.47 Å². The first-order valence-corrected chi connectivity index (χ1v) is 13.7. The quantitative estimate of drug-likeness (QED) is 0.242. The molecule has 0 fully saturated rings. The van der Waals surface area contributed by atoms with Crippen LogP contribution >= 0.6 is 22.7 Å². The number of fused-ring (bicyclic) bond motifs is 1. The highest BCUT2D eigenvalue weighted by Crippen LogP contribution is 2.37. The molecule has 0 aliphatic carbocycles. The normalized spacial score (nSPS) is 11.1. The van der Waals surface area contributed by atoms with Crippen LogP contribution in [0.4, 0.5) is 5.00 Å². The maximum absolute atomic E-state index is 13.7. The summed E-state index contributed by atoms with van der Waals surface area (Å²) in [5.41, 5.74) is 3.80. The van der Waals surface area contributed by atoms with Crippen molar-refractivity contribution in [3.8, 4) is 0 Å². The highest BCUT2D eigenvalue weighted by Gasteiger charge is 2.29. The Morgan fingerprint density at radius 3 is 2.30 bits per heavy atom. The summed E-state index contributed by atoms with van der Waals surface area (Å²) in [7, 11) is 0. The number of rotatable bonds is 8. The predicted octanol–water partition coefficient (Wildman–Crippen LogP) is 7.16. The van der Waals surface area contributed by atoms with Crippen molar-refractivity contribution in [1.82, 2.24) is 0 Å². The van der Waals surface area contributed by atoms with Gasteiger partial charge in [0.2, 0.25) is 0 Å². The molecule has 2 aromatic carbocycles. The minimum Gasteiger partial charge on any atom is -0.462 e. The molecule has 0 atom stereocenters. The van der Waals surface area contributed by atoms with Crippen LogP contribution in [0.5, 0.6) is 0 Å². The molecule has 2 aromatic heterocycles. The molecule has 4 aromatic rings. The number of nitrogens with one attached hydrogen (secondary N) is 1. The molecular formula is C29H29NO5S2. The Morgan fingerprint density at radius 1 is 0.919 bits per heavy atom. The number of ether oxygens (including phenoxy) is 2. The predicted molar refractivity (Wildman–Crippen MR) is 149 cm³/mol. The largest absolute Gasteiger partial charge is 0.462 e. The van der Waals surface area contributed by atoms with E-state index in [1.54, 1.807) is 27.7 Å². The fourth-order valence-electron chi connectivity index (χ4n) is 4.04. The fourth-order valence-corrected chi connectivity index (χ4v) is 6.23. The summed E-state index contributed by atoms with van der Waals surface area (Å²) in [6, 6.07) is 16.2. The first-order valence-electron chi connectivity index (χ1n) is 12.1. The fraction of sp³-hybridized carbons (Fsp3) is 0.276. The Labute approximate surface area is 224 Å². The van der Waals surface area contributed by atoms with Gasteiger partial charge in [-0.25, -0.2) is 9.59 Å². The van der Waals surface area contributed by atoms with Crippen LogP contribution < -0.4 is 5.32 Å². The minimum absolute atomic E-state index is 0.171. The van der Waals surface area contributed by atoms with E-state index in [0.717, 1.165) is 32.5 Å². The standard InChI is InChI=1S/C29H29NO5S2/c1-6-34-28(32)23-18(5)24(29(33)35-16(2)3)37-27(23)30-26(31)25-21(15-19-13-11-17(4)12-14-19)20-9-7-8-10-22(20)36-25/h7-14,16H,6,15H2,1-5H3,(H,30,31). The lowest BCUT2D eigenvalue weighted by Crippen LogP contribution is -2.15. The van der Waals surface area contributed by atoms with Crippen LogP contribution in [0.15, 0.2) is 48.5 Å². The van der Waals surface area contributed by atoms with Gasteiger partial charge in [0.25, 0.3) is 5.91 Å². The maximum atomic E-state index is 13.7. The van der Waals surface area contributed by atoms with E-state index >= 15 is 0 Å². The molecule has 1 N–H and O–H groups in total. The number of amides is 1. The van der Waals surface area contributed by atoms with Gasteiger partial charge in [-0.1, -0.05) is 48.0 Å². The monoisotopic (exact) mass is 535 g/mol. The van der Waals surface area contributed by atoms with E-state index in [0.29, 0.717) is 16.9 Å². The van der Waals surface area contributed by atoms with Gasteiger partial charge in [-0.2, -0.15) is 0 Å². The molecule has 0 unspecified atom stereocenters. The molecule has 0 saturated heterocycles. The summed E-state index contributed by atoms with van der Waals surface area (Å²) in [4.78, 5) is 40.0. The average Bonchev–Trinajstić information content (AvgIpc) is 3.38. The van der Waals surface area contributed by atoms with Gasteiger partial charge in [0.1, 0.15) is 9.88 Å². The van der Waals surface area contributed by atoms with E-state index in [9.17, 15) is 14.4 Å². The Balaban J connectivity index is 1.74. The number of anilines is 1. The van der Waals surface area contributed by atoms with Crippen LogP contribution in [-0.4, -0.2) is 30.6 Å². The van der Waals surface area contributed by atoms with Crippen molar-refractivity contribution in [3.05, 3.63) is 86.1 Å². The first-order chi connectivity index (χ1) is 17.7. The number of hydrogen-bond donors (Lipinski definition) is 1. The summed E-state index contributed by atoms with van der Waals surface area (Å²) in [6.07, 6.45) is 0.272. The molecule has 0 aliphatic heterocycles. The molecule has 192 valence electrons. The van der Waals surface area contributed by atoms with Gasteiger partial charge in [0.05, 0.1) is 23.2 Å². The van der Waals surface area contributed by atoms with Crippen molar-refractivity contribution in [1.29, 1.82) is 0 Å². The lowest BCUT2D eigenvalue weighted by atomic mass is 10.0. The number of aryl methyl sites for hydroxylation is 1. The average molecular weight is 536 g/mol. The molecule has 4 rings (SSSR count). The Bertz CT molecular complexity index is 1460. The number of carbonyl (C=O) groups excluding carboxylic acids is 3. The third-order valence-corrected chi connectivity index (χ3v) is 8.19. The van der Waals surface area contributed by atoms with E-state index < -0.39 is 11.9 Å². The van der Waals surface area contributed by atoms with Crippen LogP contribution in [0, 0.1) is 13.8 Å². The molecule has 8 heteroatoms. The van der Waals surface area contributed by atoms with E-state index in [-0.39, 0.29) is 34.1 Å². The SMILES string of the molecule is CCOC(=O)c1c(NC(=O)c2sc3ccccc3c2Cc2ccc(C)cc2)sc(C(=O)OC(C)C)c1C. The summed E-state index contributed by atoms with van der Waals surface area (Å²) in [5, 5.41) is 4.21. The third-order valence-electron chi connectivity index (χ3n) is 5.79. The molecule has 0 radical (unpaired) electrons. The molecule has 0 bridgehead atoms. The molecule has 1 amide bonds. The first kappa shape index (κ1) is 26.6. The second-order valence-corrected chi connectivity index (χ2v) is 11.0. The number of esters is 2. The van der Waals surface area contributed by atoms with Gasteiger partial charge in [-0.15, -0.1) is 22.7 Å². The molecule has 0 spiro atoms. The highest BCUT2D eigenvalue weighted by atomic mass is 32.1. The van der Waals surface area contributed by atoms with Gasteiger partial charge >= 0.3 is 11.9 Å². The van der Waals surface area contributed by atoms with Crippen LogP contribution in [0.25, 0.3) is 10.1 Å². The molecule has 6 nitrogen and oxygen atoms in total. The summed E-state index contributed by atoms with van der Waals surface area (Å²) in [5.74, 6) is -1.46. The van der Waals surface area contributed by atoms with Crippen molar-refractivity contribution < 1.29 is 23.9 Å². The smallest absolute Gasteiger partial charge is 0.348 e. The molecule has 37 heavy (non-hydrogen) atoms. The number of carbonyl (C=O) groups is 3. The van der Waals surface area contributed by atoms with Gasteiger partial charge in [-0.3, -0.25) is 4.79 Å². The number of hydrogen-bond acceptors (Lipinski definition) is 7. The van der Waals surface area contributed by atoms with Crippen molar-refractivity contribution in [2.45, 2.75) is 47.1 Å².